The smallest absolute Gasteiger partial charge is 0.189 e. The summed E-state index contributed by atoms with van der Waals surface area (Å²) >= 11 is 0. The summed E-state index contributed by atoms with van der Waals surface area (Å²) in [5.41, 5.74) is 1.99. The van der Waals surface area contributed by atoms with Gasteiger partial charge in [0.25, 0.3) is 0 Å². The highest BCUT2D eigenvalue weighted by molar-refractivity contribution is 5.60. The second-order valence-corrected chi connectivity index (χ2v) is 2.59. The minimum absolute atomic E-state index is 0.220. The molecule has 0 saturated heterocycles. The highest BCUT2D eigenvalue weighted by Crippen LogP contribution is 2.29. The average Bonchev–Trinajstić information content (AvgIpc) is 2.50. The van der Waals surface area contributed by atoms with E-state index < -0.39 is 6.86 Å². The maximum absolute atomic E-state index is 11.9. The van der Waals surface area contributed by atoms with E-state index in [1.165, 1.54) is 0 Å². The SMILES string of the molecule is FCOC1C=Cc2[c]cccc21. The molecule has 1 aliphatic carbocycles. The van der Waals surface area contributed by atoms with Gasteiger partial charge in [0.15, 0.2) is 6.86 Å². The Morgan fingerprint density at radius 2 is 2.50 bits per heavy atom. The summed E-state index contributed by atoms with van der Waals surface area (Å²) in [6, 6.07) is 8.68. The molecule has 1 unspecified atom stereocenters. The fraction of sp³-hybridized carbons (Fsp3) is 0.200. The predicted octanol–water partition coefficient (Wildman–Crippen LogP) is 2.50. The molecule has 0 heterocycles. The molecule has 1 radical (unpaired) electrons. The number of ether oxygens (including phenoxy) is 1. The van der Waals surface area contributed by atoms with Gasteiger partial charge in [-0.25, -0.2) is 4.39 Å². The molecule has 0 aliphatic heterocycles. The van der Waals surface area contributed by atoms with Gasteiger partial charge in [-0.15, -0.1) is 0 Å². The molecule has 0 fully saturated rings. The lowest BCUT2D eigenvalue weighted by molar-refractivity contribution is 0.0208. The van der Waals surface area contributed by atoms with E-state index in [9.17, 15) is 4.39 Å². The second-order valence-electron chi connectivity index (χ2n) is 2.59. The fourth-order valence-corrected chi connectivity index (χ4v) is 1.36. The van der Waals surface area contributed by atoms with E-state index in [-0.39, 0.29) is 6.10 Å². The highest BCUT2D eigenvalue weighted by Gasteiger charge is 2.16. The molecule has 0 aromatic heterocycles. The molecule has 1 aromatic carbocycles. The first-order valence-corrected chi connectivity index (χ1v) is 3.78. The molecule has 0 saturated carbocycles. The maximum atomic E-state index is 11.9. The van der Waals surface area contributed by atoms with E-state index in [1.807, 2.05) is 30.4 Å². The summed E-state index contributed by atoms with van der Waals surface area (Å²) in [6.07, 6.45) is 3.51. The van der Waals surface area contributed by atoms with Crippen LogP contribution in [0.2, 0.25) is 0 Å². The Morgan fingerprint density at radius 3 is 3.33 bits per heavy atom. The number of rotatable bonds is 2. The van der Waals surface area contributed by atoms with Gasteiger partial charge in [-0.1, -0.05) is 30.4 Å². The molecule has 2 rings (SSSR count). The number of hydrogen-bond donors (Lipinski definition) is 0. The molecule has 0 amide bonds. The molecule has 1 aliphatic rings. The monoisotopic (exact) mass is 163 g/mol. The van der Waals surface area contributed by atoms with Crippen molar-refractivity contribution in [1.29, 1.82) is 0 Å². The van der Waals surface area contributed by atoms with Gasteiger partial charge in [-0.05, 0) is 17.2 Å². The van der Waals surface area contributed by atoms with Gasteiger partial charge in [0.1, 0.15) is 6.10 Å². The van der Waals surface area contributed by atoms with Crippen molar-refractivity contribution >= 4 is 6.08 Å². The molecule has 2 heteroatoms. The summed E-state index contributed by atoms with van der Waals surface area (Å²) in [5, 5.41) is 0. The van der Waals surface area contributed by atoms with E-state index in [0.29, 0.717) is 0 Å². The Morgan fingerprint density at radius 1 is 1.58 bits per heavy atom. The fourth-order valence-electron chi connectivity index (χ4n) is 1.36. The van der Waals surface area contributed by atoms with Gasteiger partial charge < -0.3 is 4.74 Å². The standard InChI is InChI=1S/C10H8FO/c11-7-12-10-6-5-8-3-1-2-4-9(8)10/h1-2,4-6,10H,7H2. The zero-order valence-electron chi connectivity index (χ0n) is 6.46. The van der Waals surface area contributed by atoms with Gasteiger partial charge in [0, 0.05) is 0 Å². The Labute approximate surface area is 70.5 Å². The minimum Gasteiger partial charge on any atom is -0.338 e. The van der Waals surface area contributed by atoms with Crippen LogP contribution < -0.4 is 0 Å². The molecular weight excluding hydrogens is 155 g/mol. The number of fused-ring (bicyclic) bond motifs is 1. The predicted molar refractivity (Wildman–Crippen MR) is 44.1 cm³/mol. The van der Waals surface area contributed by atoms with Crippen LogP contribution in [0, 0.1) is 6.07 Å². The van der Waals surface area contributed by atoms with Crippen LogP contribution >= 0.6 is 0 Å². The third-order valence-electron chi connectivity index (χ3n) is 1.91. The van der Waals surface area contributed by atoms with E-state index in [2.05, 4.69) is 6.07 Å². The zero-order valence-corrected chi connectivity index (χ0v) is 6.46. The first kappa shape index (κ1) is 7.50. The Balaban J connectivity index is 2.30. The lowest BCUT2D eigenvalue weighted by Crippen LogP contribution is -1.97. The van der Waals surface area contributed by atoms with Crippen LogP contribution in [0.15, 0.2) is 24.3 Å². The second kappa shape index (κ2) is 3.07. The van der Waals surface area contributed by atoms with E-state index >= 15 is 0 Å². The lowest BCUT2D eigenvalue weighted by atomic mass is 10.1. The van der Waals surface area contributed by atoms with Crippen LogP contribution in [0.25, 0.3) is 6.08 Å². The molecule has 61 valence electrons. The number of halogens is 1. The van der Waals surface area contributed by atoms with Gasteiger partial charge in [0.2, 0.25) is 0 Å². The summed E-state index contributed by atoms with van der Waals surface area (Å²) in [4.78, 5) is 0. The van der Waals surface area contributed by atoms with Crippen molar-refractivity contribution in [2.24, 2.45) is 0 Å². The van der Waals surface area contributed by atoms with Gasteiger partial charge in [-0.2, -0.15) is 0 Å². The van der Waals surface area contributed by atoms with Crippen LogP contribution in [-0.2, 0) is 4.74 Å². The molecule has 0 spiro atoms. The summed E-state index contributed by atoms with van der Waals surface area (Å²) < 4.78 is 16.7. The van der Waals surface area contributed by atoms with Crippen LogP contribution in [0.5, 0.6) is 0 Å². The first-order chi connectivity index (χ1) is 5.92. The molecule has 1 aromatic rings. The van der Waals surface area contributed by atoms with Crippen LogP contribution in [0.3, 0.4) is 0 Å². The number of alkyl halides is 1. The number of hydrogen-bond acceptors (Lipinski definition) is 1. The minimum atomic E-state index is -0.747. The topological polar surface area (TPSA) is 9.23 Å². The summed E-state index contributed by atoms with van der Waals surface area (Å²) in [7, 11) is 0. The normalized spacial score (nSPS) is 19.6. The van der Waals surface area contributed by atoms with Crippen molar-refractivity contribution in [2.45, 2.75) is 6.10 Å². The van der Waals surface area contributed by atoms with E-state index in [1.54, 1.807) is 0 Å². The quantitative estimate of drug-likeness (QED) is 0.650. The third-order valence-corrected chi connectivity index (χ3v) is 1.91. The molecule has 0 N–H and O–H groups in total. The Bertz CT molecular complexity index is 306. The average molecular weight is 163 g/mol. The highest BCUT2D eigenvalue weighted by atomic mass is 19.1. The largest absolute Gasteiger partial charge is 0.338 e. The number of benzene rings is 1. The van der Waals surface area contributed by atoms with Gasteiger partial charge in [-0.3, -0.25) is 0 Å². The van der Waals surface area contributed by atoms with Crippen molar-refractivity contribution in [3.8, 4) is 0 Å². The Kier molecular flexibility index (Phi) is 1.92. The molecule has 12 heavy (non-hydrogen) atoms. The third kappa shape index (κ3) is 1.14. The van der Waals surface area contributed by atoms with Crippen LogP contribution in [-0.4, -0.2) is 6.86 Å². The van der Waals surface area contributed by atoms with Crippen LogP contribution in [0.4, 0.5) is 4.39 Å². The van der Waals surface area contributed by atoms with Crippen molar-refractivity contribution in [1.82, 2.24) is 0 Å². The van der Waals surface area contributed by atoms with E-state index in [0.717, 1.165) is 11.1 Å². The van der Waals surface area contributed by atoms with Gasteiger partial charge >= 0.3 is 0 Å². The molecule has 0 bridgehead atoms. The summed E-state index contributed by atoms with van der Waals surface area (Å²) in [5.74, 6) is 0. The van der Waals surface area contributed by atoms with Crippen molar-refractivity contribution in [2.75, 3.05) is 6.86 Å². The van der Waals surface area contributed by atoms with Crippen molar-refractivity contribution in [3.05, 3.63) is 41.5 Å². The molecule has 1 nitrogen and oxygen atoms in total. The summed E-state index contributed by atoms with van der Waals surface area (Å²) in [6.45, 7) is -0.747. The lowest BCUT2D eigenvalue weighted by Gasteiger charge is -2.08. The molecular formula is C10H8FO. The maximum Gasteiger partial charge on any atom is 0.189 e. The van der Waals surface area contributed by atoms with Crippen LogP contribution in [0.1, 0.15) is 17.2 Å². The first-order valence-electron chi connectivity index (χ1n) is 3.78. The van der Waals surface area contributed by atoms with Gasteiger partial charge in [0.05, 0.1) is 0 Å². The zero-order chi connectivity index (χ0) is 8.39. The Hall–Kier alpha value is -1.15. The van der Waals surface area contributed by atoms with Crippen molar-refractivity contribution < 1.29 is 9.13 Å². The van der Waals surface area contributed by atoms with Crippen molar-refractivity contribution in [3.63, 3.8) is 0 Å². The van der Waals surface area contributed by atoms with E-state index in [4.69, 9.17) is 4.74 Å². The molecule has 1 atom stereocenters.